The maximum Gasteiger partial charge on any atom is 0.231 e. The van der Waals surface area contributed by atoms with Gasteiger partial charge in [-0.3, -0.25) is 4.90 Å². The number of ether oxygens (including phenoxy) is 1. The van der Waals surface area contributed by atoms with Crippen molar-refractivity contribution in [2.45, 2.75) is 20.4 Å². The molecule has 0 saturated carbocycles. The molecule has 1 aliphatic heterocycles. The molecule has 1 fully saturated rings. The molecule has 6 rings (SSSR count). The largest absolute Gasteiger partial charge is 0.435 e. The van der Waals surface area contributed by atoms with E-state index in [-0.39, 0.29) is 5.75 Å². The van der Waals surface area contributed by atoms with Crippen LogP contribution in [0.4, 0.5) is 4.39 Å². The topological polar surface area (TPSA) is 73.1 Å². The fourth-order valence-corrected chi connectivity index (χ4v) is 4.94. The second-order valence-corrected chi connectivity index (χ2v) is 9.42. The number of likely N-dealkylation sites (N-methyl/N-ethyl adjacent to an activating group) is 1. The van der Waals surface area contributed by atoms with Gasteiger partial charge in [0.2, 0.25) is 5.88 Å². The van der Waals surface area contributed by atoms with E-state index in [9.17, 15) is 0 Å². The lowest BCUT2D eigenvalue weighted by Gasteiger charge is -2.34. The number of aromatic nitrogens is 4. The summed E-state index contributed by atoms with van der Waals surface area (Å²) in [5.41, 5.74) is 5.54. The lowest BCUT2D eigenvalue weighted by molar-refractivity contribution is 0.132. The van der Waals surface area contributed by atoms with E-state index in [1.807, 2.05) is 19.1 Å². The molecule has 0 atom stereocenters. The number of rotatable bonds is 6. The maximum atomic E-state index is 15.1. The normalized spacial score (nSPS) is 15.2. The summed E-state index contributed by atoms with van der Waals surface area (Å²) in [6, 6.07) is 15.8. The molecule has 8 heteroatoms. The zero-order chi connectivity index (χ0) is 24.6. The summed E-state index contributed by atoms with van der Waals surface area (Å²) in [4.78, 5) is 20.1. The number of hydrogen-bond acceptors (Lipinski definition) is 5. The van der Waals surface area contributed by atoms with Gasteiger partial charge >= 0.3 is 0 Å². The number of piperazine rings is 1. The average molecular weight is 485 g/mol. The van der Waals surface area contributed by atoms with Crippen molar-refractivity contribution < 1.29 is 9.13 Å². The standard InChI is InChI=1S/C28H29FN6O/c1-3-34-10-12-35(13-11-34)16-19-4-6-20(7-5-19)24-15-22-27(33-24)30-17-31-28(22)36-25-9-8-23-21(26(25)29)14-18(2)32-23/h4-9,14-15,17,32H,3,10-13,16H2,1-2H3,(H,30,31,33). The molecule has 2 aromatic carbocycles. The summed E-state index contributed by atoms with van der Waals surface area (Å²) in [7, 11) is 0. The van der Waals surface area contributed by atoms with E-state index in [0.717, 1.165) is 61.7 Å². The number of fused-ring (bicyclic) bond motifs is 2. The van der Waals surface area contributed by atoms with Crippen LogP contribution in [0.15, 0.2) is 54.9 Å². The quantitative estimate of drug-likeness (QED) is 0.334. The molecule has 2 N–H and O–H groups in total. The number of aryl methyl sites for hydroxylation is 1. The van der Waals surface area contributed by atoms with Gasteiger partial charge in [0.1, 0.15) is 12.0 Å². The number of halogens is 1. The SMILES string of the molecule is CCN1CCN(Cc2ccc(-c3cc4c(Oc5ccc6[nH]c(C)cc6c5F)ncnc4[nH]3)cc2)CC1. The summed E-state index contributed by atoms with van der Waals surface area (Å²) in [6.07, 6.45) is 1.43. The van der Waals surface area contributed by atoms with Gasteiger partial charge in [-0.05, 0) is 48.9 Å². The number of nitrogens with zero attached hydrogens (tertiary/aromatic N) is 4. The Balaban J connectivity index is 1.22. The first-order valence-electron chi connectivity index (χ1n) is 12.4. The molecule has 0 bridgehead atoms. The van der Waals surface area contributed by atoms with Gasteiger partial charge in [0.15, 0.2) is 11.6 Å². The minimum absolute atomic E-state index is 0.133. The van der Waals surface area contributed by atoms with Crippen LogP contribution in [0.5, 0.6) is 11.6 Å². The fourth-order valence-electron chi connectivity index (χ4n) is 4.94. The maximum absolute atomic E-state index is 15.1. The molecule has 0 spiro atoms. The molecule has 3 aromatic heterocycles. The molecule has 0 unspecified atom stereocenters. The summed E-state index contributed by atoms with van der Waals surface area (Å²) in [6.45, 7) is 10.7. The van der Waals surface area contributed by atoms with Crippen LogP contribution in [-0.4, -0.2) is 62.5 Å². The highest BCUT2D eigenvalue weighted by atomic mass is 19.1. The van der Waals surface area contributed by atoms with E-state index in [1.54, 1.807) is 12.1 Å². The highest BCUT2D eigenvalue weighted by Gasteiger charge is 2.17. The molecule has 36 heavy (non-hydrogen) atoms. The number of benzene rings is 2. The second-order valence-electron chi connectivity index (χ2n) is 9.42. The van der Waals surface area contributed by atoms with Crippen molar-refractivity contribution >= 4 is 21.9 Å². The first-order valence-corrected chi connectivity index (χ1v) is 12.4. The van der Waals surface area contributed by atoms with Crippen molar-refractivity contribution in [2.75, 3.05) is 32.7 Å². The van der Waals surface area contributed by atoms with Gasteiger partial charge in [0.25, 0.3) is 0 Å². The van der Waals surface area contributed by atoms with Crippen molar-refractivity contribution in [3.63, 3.8) is 0 Å². The van der Waals surface area contributed by atoms with Crippen LogP contribution in [0.1, 0.15) is 18.2 Å². The van der Waals surface area contributed by atoms with Gasteiger partial charge in [-0.1, -0.05) is 31.2 Å². The molecular formula is C28H29FN6O. The summed E-state index contributed by atoms with van der Waals surface area (Å²) in [5.74, 6) is 0.0373. The summed E-state index contributed by atoms with van der Waals surface area (Å²) < 4.78 is 21.0. The van der Waals surface area contributed by atoms with Crippen molar-refractivity contribution in [3.8, 4) is 22.9 Å². The molecule has 7 nitrogen and oxygen atoms in total. The van der Waals surface area contributed by atoms with Crippen molar-refractivity contribution in [2.24, 2.45) is 0 Å². The van der Waals surface area contributed by atoms with Gasteiger partial charge in [0, 0.05) is 55.0 Å². The third-order valence-corrected chi connectivity index (χ3v) is 7.02. The van der Waals surface area contributed by atoms with Gasteiger partial charge in [-0.2, -0.15) is 0 Å². The van der Waals surface area contributed by atoms with Crippen LogP contribution in [0.2, 0.25) is 0 Å². The van der Waals surface area contributed by atoms with Crippen molar-refractivity contribution in [1.82, 2.24) is 29.7 Å². The summed E-state index contributed by atoms with van der Waals surface area (Å²) in [5, 5.41) is 1.20. The third-order valence-electron chi connectivity index (χ3n) is 7.02. The molecular weight excluding hydrogens is 455 g/mol. The highest BCUT2D eigenvalue weighted by molar-refractivity contribution is 5.87. The van der Waals surface area contributed by atoms with Crippen molar-refractivity contribution in [3.05, 3.63) is 71.9 Å². The van der Waals surface area contributed by atoms with Crippen LogP contribution >= 0.6 is 0 Å². The predicted octanol–water partition coefficient (Wildman–Crippen LogP) is 5.48. The van der Waals surface area contributed by atoms with Gasteiger partial charge in [-0.15, -0.1) is 0 Å². The Morgan fingerprint density at radius 2 is 1.69 bits per heavy atom. The monoisotopic (exact) mass is 484 g/mol. The first-order chi connectivity index (χ1) is 17.6. The van der Waals surface area contributed by atoms with Crippen LogP contribution in [-0.2, 0) is 6.54 Å². The van der Waals surface area contributed by atoms with Crippen LogP contribution in [0, 0.1) is 12.7 Å². The molecule has 184 valence electrons. The average Bonchev–Trinajstić information content (AvgIpc) is 3.51. The Labute approximate surface area is 208 Å². The van der Waals surface area contributed by atoms with Gasteiger partial charge in [-0.25, -0.2) is 14.4 Å². The van der Waals surface area contributed by atoms with Crippen LogP contribution < -0.4 is 4.74 Å². The van der Waals surface area contributed by atoms with E-state index in [2.05, 4.69) is 60.9 Å². The van der Waals surface area contributed by atoms with E-state index in [1.165, 1.54) is 11.9 Å². The lowest BCUT2D eigenvalue weighted by Crippen LogP contribution is -2.45. The Bertz CT molecular complexity index is 1510. The zero-order valence-corrected chi connectivity index (χ0v) is 20.5. The Morgan fingerprint density at radius 3 is 2.47 bits per heavy atom. The molecule has 1 aliphatic rings. The third kappa shape index (κ3) is 4.34. The lowest BCUT2D eigenvalue weighted by atomic mass is 10.1. The molecule has 0 radical (unpaired) electrons. The number of nitrogens with one attached hydrogen (secondary N) is 2. The number of H-pyrrole nitrogens is 2. The molecule has 5 aromatic rings. The van der Waals surface area contributed by atoms with E-state index < -0.39 is 5.82 Å². The van der Waals surface area contributed by atoms with Crippen LogP contribution in [0.25, 0.3) is 33.2 Å². The smallest absolute Gasteiger partial charge is 0.231 e. The predicted molar refractivity (Wildman–Crippen MR) is 140 cm³/mol. The number of aromatic amines is 2. The van der Waals surface area contributed by atoms with E-state index in [0.29, 0.717) is 22.3 Å². The molecule has 0 aliphatic carbocycles. The van der Waals surface area contributed by atoms with Crippen LogP contribution in [0.3, 0.4) is 0 Å². The highest BCUT2D eigenvalue weighted by Crippen LogP contribution is 2.34. The zero-order valence-electron chi connectivity index (χ0n) is 20.5. The first kappa shape index (κ1) is 22.7. The molecule has 0 amide bonds. The Kier molecular flexibility index (Phi) is 5.91. The molecule has 4 heterocycles. The summed E-state index contributed by atoms with van der Waals surface area (Å²) >= 11 is 0. The molecule has 1 saturated heterocycles. The minimum atomic E-state index is -0.411. The fraction of sp³-hybridized carbons (Fsp3) is 0.286. The second kappa shape index (κ2) is 9.37. The van der Waals surface area contributed by atoms with E-state index in [4.69, 9.17) is 4.74 Å². The van der Waals surface area contributed by atoms with Gasteiger partial charge in [0.05, 0.1) is 5.39 Å². The Hall–Kier alpha value is -3.75. The minimum Gasteiger partial charge on any atom is -0.435 e. The van der Waals surface area contributed by atoms with E-state index >= 15 is 4.39 Å². The van der Waals surface area contributed by atoms with Crippen molar-refractivity contribution in [1.29, 1.82) is 0 Å². The number of hydrogen-bond donors (Lipinski definition) is 2. The Morgan fingerprint density at radius 1 is 0.917 bits per heavy atom. The van der Waals surface area contributed by atoms with Gasteiger partial charge < -0.3 is 19.6 Å².